The van der Waals surface area contributed by atoms with Crippen molar-refractivity contribution in [2.24, 2.45) is 5.10 Å². The summed E-state index contributed by atoms with van der Waals surface area (Å²) in [5.74, 6) is -0.0178. The van der Waals surface area contributed by atoms with Gasteiger partial charge in [0.25, 0.3) is 11.9 Å². The molecule has 26 heavy (non-hydrogen) atoms. The zero-order valence-electron chi connectivity index (χ0n) is 14.4. The molecule has 1 N–H and O–H groups in total. The first-order chi connectivity index (χ1) is 12.5. The highest BCUT2D eigenvalue weighted by Crippen LogP contribution is 2.30. The van der Waals surface area contributed by atoms with Crippen LogP contribution in [0.3, 0.4) is 0 Å². The van der Waals surface area contributed by atoms with Crippen LogP contribution in [0, 0.1) is 0 Å². The Morgan fingerprint density at radius 2 is 2.15 bits per heavy atom. The Labute approximate surface area is 148 Å². The molecule has 1 aliphatic heterocycles. The fraction of sp³-hybridized carbons (Fsp3) is 0.250. The summed E-state index contributed by atoms with van der Waals surface area (Å²) in [5, 5.41) is 18.4. The Morgan fingerprint density at radius 1 is 1.35 bits per heavy atom. The van der Waals surface area contributed by atoms with E-state index in [1.807, 2.05) is 6.92 Å². The number of tetrazole rings is 1. The maximum atomic E-state index is 12.6. The molecule has 0 saturated carbocycles. The van der Waals surface area contributed by atoms with Gasteiger partial charge >= 0.3 is 5.97 Å². The second kappa shape index (κ2) is 7.13. The number of H-pyrrole nitrogens is 1. The number of hydrogen-bond acceptors (Lipinski definition) is 8. The molecule has 2 aromatic rings. The van der Waals surface area contributed by atoms with E-state index in [0.717, 1.165) is 5.01 Å². The molecule has 2 heterocycles. The average Bonchev–Trinajstić information content (AvgIpc) is 3.21. The molecule has 0 fully saturated rings. The van der Waals surface area contributed by atoms with Crippen LogP contribution < -0.4 is 14.5 Å². The lowest BCUT2D eigenvalue weighted by Crippen LogP contribution is -2.22. The van der Waals surface area contributed by atoms with Gasteiger partial charge in [-0.1, -0.05) is 11.2 Å². The first-order valence-corrected chi connectivity index (χ1v) is 7.80. The van der Waals surface area contributed by atoms with Crippen LogP contribution in [0.4, 0.5) is 5.95 Å². The number of amides is 1. The molecular formula is C16H16N6O4. The summed E-state index contributed by atoms with van der Waals surface area (Å²) in [7, 11) is 0. The predicted octanol–water partition coefficient (Wildman–Crippen LogP) is 1.33. The Bertz CT molecular complexity index is 903. The topological polar surface area (TPSA) is 123 Å². The molecule has 3 rings (SSSR count). The van der Waals surface area contributed by atoms with E-state index >= 15 is 0 Å². The molecule has 0 spiro atoms. The van der Waals surface area contributed by atoms with E-state index in [9.17, 15) is 9.59 Å². The van der Waals surface area contributed by atoms with Gasteiger partial charge in [-0.25, -0.2) is 0 Å². The van der Waals surface area contributed by atoms with Crippen LogP contribution in [-0.2, 0) is 9.59 Å². The molecule has 10 nitrogen and oxygen atoms in total. The summed E-state index contributed by atoms with van der Waals surface area (Å²) in [4.78, 5) is 23.8. The van der Waals surface area contributed by atoms with Crippen LogP contribution in [-0.4, -0.2) is 44.8 Å². The smallest absolute Gasteiger partial charge is 0.308 e. The van der Waals surface area contributed by atoms with E-state index in [0.29, 0.717) is 35.0 Å². The van der Waals surface area contributed by atoms with Gasteiger partial charge in [0, 0.05) is 6.92 Å². The van der Waals surface area contributed by atoms with Crippen LogP contribution in [0.1, 0.15) is 26.3 Å². The first-order valence-electron chi connectivity index (χ1n) is 7.80. The third kappa shape index (κ3) is 3.43. The molecule has 0 unspecified atom stereocenters. The SMILES string of the molecule is CCOc1cc(/C=C2/C(=O)N(c3nn[nH]n3)N=C2C)ccc1OC(C)=O. The Kier molecular flexibility index (Phi) is 4.74. The number of hydrazone groups is 1. The lowest BCUT2D eigenvalue weighted by molar-refractivity contribution is -0.132. The summed E-state index contributed by atoms with van der Waals surface area (Å²) in [6.45, 7) is 5.25. The second-order valence-electron chi connectivity index (χ2n) is 5.31. The minimum Gasteiger partial charge on any atom is -0.490 e. The van der Waals surface area contributed by atoms with Crippen LogP contribution in [0.15, 0.2) is 28.9 Å². The number of ether oxygens (including phenoxy) is 2. The van der Waals surface area contributed by atoms with Crippen LogP contribution in [0.25, 0.3) is 6.08 Å². The third-order valence-electron chi connectivity index (χ3n) is 3.42. The molecule has 1 aromatic heterocycles. The summed E-state index contributed by atoms with van der Waals surface area (Å²) >= 11 is 0. The fourth-order valence-corrected chi connectivity index (χ4v) is 2.35. The minimum absolute atomic E-state index is 0.0676. The van der Waals surface area contributed by atoms with E-state index in [-0.39, 0.29) is 11.9 Å². The van der Waals surface area contributed by atoms with Crippen molar-refractivity contribution in [1.82, 2.24) is 20.6 Å². The fourth-order valence-electron chi connectivity index (χ4n) is 2.35. The Morgan fingerprint density at radius 3 is 2.81 bits per heavy atom. The van der Waals surface area contributed by atoms with Crippen molar-refractivity contribution in [3.63, 3.8) is 0 Å². The standard InChI is InChI=1S/C16H16N6O4/c1-4-25-14-8-11(5-6-13(14)26-10(3)23)7-12-9(2)19-22(15(12)24)16-17-20-21-18-16/h5-8H,4H2,1-3H3,(H,17,18,20,21)/b12-7+. The van der Waals surface area contributed by atoms with Crippen LogP contribution >= 0.6 is 0 Å². The number of nitrogens with zero attached hydrogens (tertiary/aromatic N) is 5. The summed E-state index contributed by atoms with van der Waals surface area (Å²) in [6, 6.07) is 5.01. The van der Waals surface area contributed by atoms with Crippen LogP contribution in [0.5, 0.6) is 11.5 Å². The van der Waals surface area contributed by atoms with Crippen molar-refractivity contribution in [3.05, 3.63) is 29.3 Å². The van der Waals surface area contributed by atoms with Gasteiger partial charge in [-0.15, -0.1) is 5.10 Å². The number of aromatic nitrogens is 4. The molecule has 1 aliphatic rings. The highest BCUT2D eigenvalue weighted by Gasteiger charge is 2.31. The van der Waals surface area contributed by atoms with Crippen LogP contribution in [0.2, 0.25) is 0 Å². The monoisotopic (exact) mass is 356 g/mol. The van der Waals surface area contributed by atoms with E-state index in [1.54, 1.807) is 31.2 Å². The zero-order chi connectivity index (χ0) is 18.7. The van der Waals surface area contributed by atoms with Crippen molar-refractivity contribution in [3.8, 4) is 11.5 Å². The number of rotatable bonds is 5. The Hall–Kier alpha value is -3.56. The largest absolute Gasteiger partial charge is 0.490 e. The average molecular weight is 356 g/mol. The van der Waals surface area contributed by atoms with Gasteiger partial charge in [-0.2, -0.15) is 15.3 Å². The Balaban J connectivity index is 1.92. The van der Waals surface area contributed by atoms with E-state index in [1.165, 1.54) is 6.92 Å². The third-order valence-corrected chi connectivity index (χ3v) is 3.42. The normalized spacial score (nSPS) is 15.3. The number of carbonyl (C=O) groups is 2. The maximum Gasteiger partial charge on any atom is 0.308 e. The zero-order valence-corrected chi connectivity index (χ0v) is 14.4. The molecule has 0 radical (unpaired) electrons. The molecule has 1 aromatic carbocycles. The summed E-state index contributed by atoms with van der Waals surface area (Å²) < 4.78 is 10.6. The lowest BCUT2D eigenvalue weighted by atomic mass is 10.1. The number of aromatic amines is 1. The number of benzene rings is 1. The minimum atomic E-state index is -0.443. The van der Waals surface area contributed by atoms with Crippen molar-refractivity contribution in [2.45, 2.75) is 20.8 Å². The quantitative estimate of drug-likeness (QED) is 0.487. The van der Waals surface area contributed by atoms with Gasteiger partial charge in [0.15, 0.2) is 11.5 Å². The van der Waals surface area contributed by atoms with Gasteiger partial charge in [0.05, 0.1) is 17.9 Å². The number of hydrogen-bond donors (Lipinski definition) is 1. The number of anilines is 1. The van der Waals surface area contributed by atoms with Crippen molar-refractivity contribution < 1.29 is 19.1 Å². The molecule has 0 saturated heterocycles. The number of carbonyl (C=O) groups excluding carboxylic acids is 2. The lowest BCUT2D eigenvalue weighted by Gasteiger charge is -2.10. The predicted molar refractivity (Wildman–Crippen MR) is 91.7 cm³/mol. The highest BCUT2D eigenvalue weighted by atomic mass is 16.6. The molecule has 0 atom stereocenters. The van der Waals surface area contributed by atoms with Crippen molar-refractivity contribution in [1.29, 1.82) is 0 Å². The summed E-state index contributed by atoms with van der Waals surface area (Å²) in [5.41, 5.74) is 1.59. The molecule has 1 amide bonds. The number of esters is 1. The first kappa shape index (κ1) is 17.3. The van der Waals surface area contributed by atoms with Gasteiger partial charge in [-0.3, -0.25) is 9.59 Å². The van der Waals surface area contributed by atoms with E-state index in [4.69, 9.17) is 9.47 Å². The second-order valence-corrected chi connectivity index (χ2v) is 5.31. The van der Waals surface area contributed by atoms with Crippen molar-refractivity contribution in [2.75, 3.05) is 11.6 Å². The molecular weight excluding hydrogens is 340 g/mol. The highest BCUT2D eigenvalue weighted by molar-refractivity contribution is 6.31. The van der Waals surface area contributed by atoms with E-state index in [2.05, 4.69) is 25.7 Å². The molecule has 10 heteroatoms. The van der Waals surface area contributed by atoms with Crippen molar-refractivity contribution >= 4 is 29.6 Å². The maximum absolute atomic E-state index is 12.6. The molecule has 0 bridgehead atoms. The van der Waals surface area contributed by atoms with Gasteiger partial charge in [0.1, 0.15) is 0 Å². The van der Waals surface area contributed by atoms with Gasteiger partial charge < -0.3 is 9.47 Å². The summed E-state index contributed by atoms with van der Waals surface area (Å²) in [6.07, 6.45) is 1.67. The number of nitrogens with one attached hydrogen (secondary N) is 1. The van der Waals surface area contributed by atoms with Gasteiger partial charge in [-0.05, 0) is 42.8 Å². The van der Waals surface area contributed by atoms with Gasteiger partial charge in [0.2, 0.25) is 0 Å². The molecule has 134 valence electrons. The van der Waals surface area contributed by atoms with E-state index < -0.39 is 5.97 Å². The molecule has 0 aliphatic carbocycles.